The van der Waals surface area contributed by atoms with E-state index in [1.807, 2.05) is 30.3 Å². The minimum atomic E-state index is -0.370. The number of nitrogens with zero attached hydrogens (tertiary/aromatic N) is 1. The number of hydrogen-bond donors (Lipinski definition) is 2. The minimum absolute atomic E-state index is 0.163. The van der Waals surface area contributed by atoms with Gasteiger partial charge in [-0.25, -0.2) is 0 Å². The molecule has 3 rings (SSSR count). The van der Waals surface area contributed by atoms with Crippen molar-refractivity contribution in [3.63, 3.8) is 0 Å². The predicted octanol–water partition coefficient (Wildman–Crippen LogP) is 4.72. The van der Waals surface area contributed by atoms with Crippen LogP contribution in [0.25, 0.3) is 0 Å². The molecule has 2 N–H and O–H groups in total. The SMILES string of the molecule is COc1ccccc1NC(=O)c1ccnc(C(=O)Nc2ccccc2C(C)C)c1. The van der Waals surface area contributed by atoms with Crippen LogP contribution in [0, 0.1) is 0 Å². The molecule has 0 aliphatic heterocycles. The van der Waals surface area contributed by atoms with Crippen molar-refractivity contribution in [3.05, 3.63) is 83.7 Å². The summed E-state index contributed by atoms with van der Waals surface area (Å²) >= 11 is 0. The second-order valence-electron chi connectivity index (χ2n) is 6.78. The zero-order chi connectivity index (χ0) is 20.8. The molecule has 6 heteroatoms. The third kappa shape index (κ3) is 4.79. The summed E-state index contributed by atoms with van der Waals surface area (Å²) in [6.45, 7) is 4.12. The molecule has 29 heavy (non-hydrogen) atoms. The number of rotatable bonds is 6. The number of nitrogens with one attached hydrogen (secondary N) is 2. The molecule has 0 radical (unpaired) electrons. The second-order valence-corrected chi connectivity index (χ2v) is 6.78. The van der Waals surface area contributed by atoms with Gasteiger partial charge in [-0.1, -0.05) is 44.2 Å². The van der Waals surface area contributed by atoms with E-state index < -0.39 is 0 Å². The van der Waals surface area contributed by atoms with Crippen molar-refractivity contribution in [2.75, 3.05) is 17.7 Å². The van der Waals surface area contributed by atoms with Crippen molar-refractivity contribution in [2.45, 2.75) is 19.8 Å². The van der Waals surface area contributed by atoms with E-state index in [0.717, 1.165) is 11.3 Å². The van der Waals surface area contributed by atoms with Crippen molar-refractivity contribution < 1.29 is 14.3 Å². The molecule has 2 amide bonds. The fourth-order valence-corrected chi connectivity index (χ4v) is 2.94. The highest BCUT2D eigenvalue weighted by Crippen LogP contribution is 2.25. The minimum Gasteiger partial charge on any atom is -0.495 e. The summed E-state index contributed by atoms with van der Waals surface area (Å²) < 4.78 is 5.25. The Kier molecular flexibility index (Phi) is 6.24. The molecule has 0 aliphatic rings. The average Bonchev–Trinajstić information content (AvgIpc) is 2.74. The molecular formula is C23H23N3O3. The first kappa shape index (κ1) is 20.1. The first-order valence-corrected chi connectivity index (χ1v) is 9.30. The highest BCUT2D eigenvalue weighted by Gasteiger charge is 2.15. The third-order valence-corrected chi connectivity index (χ3v) is 4.44. The molecule has 0 unspecified atom stereocenters. The summed E-state index contributed by atoms with van der Waals surface area (Å²) in [7, 11) is 1.54. The number of carbonyl (C=O) groups excluding carboxylic acids is 2. The average molecular weight is 389 g/mol. The van der Waals surface area contributed by atoms with E-state index in [1.165, 1.54) is 19.4 Å². The number of methoxy groups -OCH3 is 1. The van der Waals surface area contributed by atoms with Crippen molar-refractivity contribution >= 4 is 23.2 Å². The molecule has 0 atom stereocenters. The van der Waals surface area contributed by atoms with E-state index in [-0.39, 0.29) is 23.4 Å². The Morgan fingerprint density at radius 1 is 0.897 bits per heavy atom. The topological polar surface area (TPSA) is 80.3 Å². The van der Waals surface area contributed by atoms with Gasteiger partial charge in [-0.15, -0.1) is 0 Å². The van der Waals surface area contributed by atoms with E-state index >= 15 is 0 Å². The molecule has 0 bridgehead atoms. The Hall–Kier alpha value is -3.67. The molecular weight excluding hydrogens is 366 g/mol. The van der Waals surface area contributed by atoms with Crippen molar-refractivity contribution in [3.8, 4) is 5.75 Å². The van der Waals surface area contributed by atoms with E-state index in [1.54, 1.807) is 24.3 Å². The lowest BCUT2D eigenvalue weighted by Gasteiger charge is -2.13. The fraction of sp³-hybridized carbons (Fsp3) is 0.174. The van der Waals surface area contributed by atoms with Crippen LogP contribution in [0.3, 0.4) is 0 Å². The number of amides is 2. The zero-order valence-electron chi connectivity index (χ0n) is 16.6. The number of hydrogen-bond acceptors (Lipinski definition) is 4. The normalized spacial score (nSPS) is 10.5. The summed E-state index contributed by atoms with van der Waals surface area (Å²) in [6.07, 6.45) is 1.44. The van der Waals surface area contributed by atoms with Gasteiger partial charge in [0.2, 0.25) is 0 Å². The highest BCUT2D eigenvalue weighted by molar-refractivity contribution is 6.08. The molecule has 6 nitrogen and oxygen atoms in total. The lowest BCUT2D eigenvalue weighted by molar-refractivity contribution is 0.102. The molecule has 1 heterocycles. The summed E-state index contributed by atoms with van der Waals surface area (Å²) in [6, 6.07) is 17.8. The number of benzene rings is 2. The van der Waals surface area contributed by atoms with Crippen LogP contribution < -0.4 is 15.4 Å². The van der Waals surface area contributed by atoms with E-state index in [9.17, 15) is 9.59 Å². The Morgan fingerprint density at radius 3 is 2.28 bits per heavy atom. The van der Waals surface area contributed by atoms with Gasteiger partial charge in [0, 0.05) is 17.4 Å². The van der Waals surface area contributed by atoms with Gasteiger partial charge in [-0.3, -0.25) is 14.6 Å². The van der Waals surface area contributed by atoms with E-state index in [0.29, 0.717) is 17.0 Å². The standard InChI is InChI=1S/C23H23N3O3/c1-15(2)17-8-4-5-9-18(17)25-23(28)20-14-16(12-13-24-20)22(27)26-19-10-6-7-11-21(19)29-3/h4-15H,1-3H3,(H,25,28)(H,26,27). The lowest BCUT2D eigenvalue weighted by Crippen LogP contribution is -2.18. The van der Waals surface area contributed by atoms with Crippen molar-refractivity contribution in [1.82, 2.24) is 4.98 Å². The molecule has 0 fully saturated rings. The van der Waals surface area contributed by atoms with Gasteiger partial charge in [0.25, 0.3) is 11.8 Å². The fourth-order valence-electron chi connectivity index (χ4n) is 2.94. The van der Waals surface area contributed by atoms with Gasteiger partial charge in [0.15, 0.2) is 0 Å². The van der Waals surface area contributed by atoms with Gasteiger partial charge in [0.1, 0.15) is 11.4 Å². The molecule has 3 aromatic rings. The summed E-state index contributed by atoms with van der Waals surface area (Å²) in [5.74, 6) is 0.0918. The van der Waals surface area contributed by atoms with Crippen LogP contribution in [0.5, 0.6) is 5.75 Å². The van der Waals surface area contributed by atoms with Gasteiger partial charge < -0.3 is 15.4 Å². The Labute approximate surface area is 169 Å². The maximum absolute atomic E-state index is 12.7. The summed E-state index contributed by atoms with van der Waals surface area (Å²) in [5.41, 5.74) is 2.81. The number of aromatic nitrogens is 1. The maximum Gasteiger partial charge on any atom is 0.274 e. The molecule has 0 spiro atoms. The molecule has 148 valence electrons. The Bertz CT molecular complexity index is 1030. The van der Waals surface area contributed by atoms with Crippen LogP contribution >= 0.6 is 0 Å². The molecule has 0 saturated heterocycles. The molecule has 0 aliphatic carbocycles. The lowest BCUT2D eigenvalue weighted by atomic mass is 10.0. The van der Waals surface area contributed by atoms with E-state index in [4.69, 9.17) is 4.74 Å². The number of pyridine rings is 1. The third-order valence-electron chi connectivity index (χ3n) is 4.44. The number of para-hydroxylation sites is 3. The van der Waals surface area contributed by atoms with Crippen LogP contribution in [-0.4, -0.2) is 23.9 Å². The molecule has 0 saturated carbocycles. The quantitative estimate of drug-likeness (QED) is 0.639. The van der Waals surface area contributed by atoms with Gasteiger partial charge in [0.05, 0.1) is 12.8 Å². The second kappa shape index (κ2) is 9.01. The van der Waals surface area contributed by atoms with Gasteiger partial charge in [-0.2, -0.15) is 0 Å². The largest absolute Gasteiger partial charge is 0.495 e. The van der Waals surface area contributed by atoms with Crippen molar-refractivity contribution in [2.24, 2.45) is 0 Å². The Morgan fingerprint density at radius 2 is 1.55 bits per heavy atom. The smallest absolute Gasteiger partial charge is 0.274 e. The van der Waals surface area contributed by atoms with Crippen molar-refractivity contribution in [1.29, 1.82) is 0 Å². The monoisotopic (exact) mass is 389 g/mol. The van der Waals surface area contributed by atoms with Gasteiger partial charge in [-0.05, 0) is 41.8 Å². The van der Waals surface area contributed by atoms with Gasteiger partial charge >= 0.3 is 0 Å². The Balaban J connectivity index is 1.79. The van der Waals surface area contributed by atoms with Crippen LogP contribution in [0.2, 0.25) is 0 Å². The number of anilines is 2. The predicted molar refractivity (Wildman–Crippen MR) is 114 cm³/mol. The zero-order valence-corrected chi connectivity index (χ0v) is 16.6. The van der Waals surface area contributed by atoms with Crippen LogP contribution in [0.1, 0.15) is 46.2 Å². The molecule has 2 aromatic carbocycles. The first-order chi connectivity index (χ1) is 14.0. The maximum atomic E-state index is 12.7. The summed E-state index contributed by atoms with van der Waals surface area (Å²) in [4.78, 5) is 29.4. The molecule has 1 aromatic heterocycles. The highest BCUT2D eigenvalue weighted by atomic mass is 16.5. The van der Waals surface area contributed by atoms with Crippen LogP contribution in [0.15, 0.2) is 66.9 Å². The first-order valence-electron chi connectivity index (χ1n) is 9.30. The van der Waals surface area contributed by atoms with E-state index in [2.05, 4.69) is 29.5 Å². The number of ether oxygens (including phenoxy) is 1. The summed E-state index contributed by atoms with van der Waals surface area (Å²) in [5, 5.41) is 5.68. The number of carbonyl (C=O) groups is 2. The van der Waals surface area contributed by atoms with Crippen LogP contribution in [0.4, 0.5) is 11.4 Å². The van der Waals surface area contributed by atoms with Crippen LogP contribution in [-0.2, 0) is 0 Å².